The Morgan fingerprint density at radius 3 is 2.53 bits per heavy atom. The molecular weight excluding hydrogens is 424 g/mol. The summed E-state index contributed by atoms with van der Waals surface area (Å²) >= 11 is 0. The molecule has 0 unspecified atom stereocenters. The number of fused-ring (bicyclic) bond motifs is 1. The number of sulfonamides is 1. The molecule has 2 aromatic carbocycles. The highest BCUT2D eigenvalue weighted by atomic mass is 32.2. The number of carbonyl (C=O) groups excluding carboxylic acids is 1. The van der Waals surface area contributed by atoms with Crippen LogP contribution >= 0.6 is 0 Å². The number of hydrogen-bond acceptors (Lipinski definition) is 5. The number of rotatable bonds is 5. The smallest absolute Gasteiger partial charge is 0.240 e. The maximum Gasteiger partial charge on any atom is 0.240 e. The number of hydrogen-bond donors (Lipinski definition) is 2. The highest BCUT2D eigenvalue weighted by Gasteiger charge is 2.28. The molecular formula is C24H32N4O3S. The Balaban J connectivity index is 1.55. The van der Waals surface area contributed by atoms with E-state index in [1.54, 1.807) is 18.2 Å². The molecule has 1 heterocycles. The molecule has 0 radical (unpaired) electrons. The van der Waals surface area contributed by atoms with E-state index >= 15 is 0 Å². The predicted octanol–water partition coefficient (Wildman–Crippen LogP) is 2.54. The summed E-state index contributed by atoms with van der Waals surface area (Å²) in [5, 5.41) is 2.65. The topological polar surface area (TPSA) is 81.7 Å². The highest BCUT2D eigenvalue weighted by molar-refractivity contribution is 7.89. The quantitative estimate of drug-likeness (QED) is 0.723. The van der Waals surface area contributed by atoms with Crippen molar-refractivity contribution < 1.29 is 13.2 Å². The second-order valence-corrected chi connectivity index (χ2v) is 10.6. The van der Waals surface area contributed by atoms with Crippen molar-refractivity contribution in [2.24, 2.45) is 0 Å². The Bertz CT molecular complexity index is 1110. The lowest BCUT2D eigenvalue weighted by atomic mass is 9.84. The van der Waals surface area contributed by atoms with E-state index < -0.39 is 10.0 Å². The van der Waals surface area contributed by atoms with Gasteiger partial charge in [-0.1, -0.05) is 12.1 Å². The van der Waals surface area contributed by atoms with E-state index in [9.17, 15) is 13.2 Å². The summed E-state index contributed by atoms with van der Waals surface area (Å²) in [6.07, 6.45) is 2.32. The number of aryl methyl sites for hydroxylation is 1. The van der Waals surface area contributed by atoms with Crippen molar-refractivity contribution in [2.45, 2.75) is 44.0 Å². The number of piperazine rings is 1. The van der Waals surface area contributed by atoms with Crippen LogP contribution in [-0.2, 0) is 27.7 Å². The van der Waals surface area contributed by atoms with Crippen molar-refractivity contribution in [1.82, 2.24) is 9.62 Å². The van der Waals surface area contributed by atoms with Crippen molar-refractivity contribution in [3.63, 3.8) is 0 Å². The fourth-order valence-electron chi connectivity index (χ4n) is 4.72. The van der Waals surface area contributed by atoms with Crippen LogP contribution in [0, 0.1) is 6.92 Å². The average Bonchev–Trinajstić information content (AvgIpc) is 2.74. The van der Waals surface area contributed by atoms with E-state index in [0.717, 1.165) is 39.0 Å². The van der Waals surface area contributed by atoms with Crippen LogP contribution in [0.5, 0.6) is 0 Å². The highest BCUT2D eigenvalue weighted by Crippen LogP contribution is 2.34. The molecule has 32 heavy (non-hydrogen) atoms. The van der Waals surface area contributed by atoms with Gasteiger partial charge in [0.05, 0.1) is 4.90 Å². The zero-order chi connectivity index (χ0) is 22.9. The van der Waals surface area contributed by atoms with E-state index in [4.69, 9.17) is 0 Å². The monoisotopic (exact) mass is 456 g/mol. The Morgan fingerprint density at radius 2 is 1.81 bits per heavy atom. The minimum atomic E-state index is -3.70. The van der Waals surface area contributed by atoms with Gasteiger partial charge in [0.15, 0.2) is 0 Å². The molecule has 7 nitrogen and oxygen atoms in total. The number of likely N-dealkylation sites (N-methyl/N-ethyl adjacent to an activating group) is 1. The molecule has 2 aliphatic rings. The van der Waals surface area contributed by atoms with Crippen LogP contribution in [-0.4, -0.2) is 58.5 Å². The van der Waals surface area contributed by atoms with E-state index in [0.29, 0.717) is 12.1 Å². The molecule has 1 fully saturated rings. The largest absolute Gasteiger partial charge is 0.369 e. The van der Waals surface area contributed by atoms with Gasteiger partial charge in [0.1, 0.15) is 0 Å². The fraction of sp³-hybridized carbons (Fsp3) is 0.458. The van der Waals surface area contributed by atoms with Crippen molar-refractivity contribution in [2.75, 3.05) is 43.4 Å². The van der Waals surface area contributed by atoms with Crippen LogP contribution in [0.1, 0.15) is 30.0 Å². The molecule has 172 valence electrons. The van der Waals surface area contributed by atoms with E-state index in [-0.39, 0.29) is 16.8 Å². The van der Waals surface area contributed by atoms with E-state index in [2.05, 4.69) is 45.9 Å². The van der Waals surface area contributed by atoms with Crippen LogP contribution in [0.25, 0.3) is 0 Å². The molecule has 0 bridgehead atoms. The third-order valence-corrected chi connectivity index (χ3v) is 7.98. The Labute approximate surface area is 190 Å². The molecule has 2 N–H and O–H groups in total. The maximum absolute atomic E-state index is 13.1. The molecule has 8 heteroatoms. The fourth-order valence-corrected chi connectivity index (χ4v) is 6.03. The van der Waals surface area contributed by atoms with Gasteiger partial charge < -0.3 is 15.1 Å². The minimum absolute atomic E-state index is 0.162. The van der Waals surface area contributed by atoms with Crippen molar-refractivity contribution >= 4 is 27.3 Å². The lowest BCUT2D eigenvalue weighted by molar-refractivity contribution is -0.114. The summed E-state index contributed by atoms with van der Waals surface area (Å²) in [4.78, 5) is 16.3. The third kappa shape index (κ3) is 4.98. The standard InChI is InChI=1S/C24H32N4O3S/c1-17-7-10-24(28-13-11-27(3)12-14-28)23-16-20(8-9-22(17)23)26-32(30,31)21-6-4-5-19(15-21)25-18(2)29/h4-7,10,15,20,26H,8-9,11-14,16H2,1-3H3,(H,25,29)/t20-/m1/s1. The number of nitrogens with one attached hydrogen (secondary N) is 2. The summed E-state index contributed by atoms with van der Waals surface area (Å²) in [6.45, 7) is 7.58. The number of benzene rings is 2. The first kappa shape index (κ1) is 22.8. The zero-order valence-electron chi connectivity index (χ0n) is 19.0. The van der Waals surface area contributed by atoms with Crippen LogP contribution in [0.4, 0.5) is 11.4 Å². The van der Waals surface area contributed by atoms with Crippen LogP contribution in [0.3, 0.4) is 0 Å². The Morgan fingerprint density at radius 1 is 1.06 bits per heavy atom. The molecule has 1 aliphatic heterocycles. The van der Waals surface area contributed by atoms with Gasteiger partial charge in [-0.25, -0.2) is 13.1 Å². The Kier molecular flexibility index (Phi) is 6.55. The summed E-state index contributed by atoms with van der Waals surface area (Å²) in [5.74, 6) is -0.233. The normalized spacial score (nSPS) is 19.5. The molecule has 1 atom stereocenters. The van der Waals surface area contributed by atoms with Crippen molar-refractivity contribution in [3.05, 3.63) is 53.1 Å². The number of anilines is 2. The number of amides is 1. The van der Waals surface area contributed by atoms with Crippen LogP contribution < -0.4 is 14.9 Å². The van der Waals surface area contributed by atoms with Crippen LogP contribution in [0.15, 0.2) is 41.3 Å². The van der Waals surface area contributed by atoms with Gasteiger partial charge in [0.25, 0.3) is 0 Å². The SMILES string of the molecule is CC(=O)Nc1cccc(S(=O)(=O)N[C@@H]2CCc3c(C)ccc(N4CCN(C)CC4)c3C2)c1. The van der Waals surface area contributed by atoms with Crippen molar-refractivity contribution in [1.29, 1.82) is 0 Å². The molecule has 1 aliphatic carbocycles. The lowest BCUT2D eigenvalue weighted by Gasteiger charge is -2.37. The van der Waals surface area contributed by atoms with Gasteiger partial charge in [0, 0.05) is 50.5 Å². The lowest BCUT2D eigenvalue weighted by Crippen LogP contribution is -2.45. The molecule has 0 aromatic heterocycles. The second-order valence-electron chi connectivity index (χ2n) is 8.92. The second kappa shape index (κ2) is 9.21. The van der Waals surface area contributed by atoms with Crippen LogP contribution in [0.2, 0.25) is 0 Å². The van der Waals surface area contributed by atoms with Gasteiger partial charge in [-0.15, -0.1) is 0 Å². The molecule has 4 rings (SSSR count). The average molecular weight is 457 g/mol. The maximum atomic E-state index is 13.1. The predicted molar refractivity (Wildman–Crippen MR) is 128 cm³/mol. The summed E-state index contributed by atoms with van der Waals surface area (Å²) < 4.78 is 29.1. The molecule has 1 saturated heterocycles. The van der Waals surface area contributed by atoms with Gasteiger partial charge in [-0.05, 0) is 74.2 Å². The first-order valence-corrected chi connectivity index (χ1v) is 12.7. The number of carbonyl (C=O) groups is 1. The Hall–Kier alpha value is -2.42. The molecule has 0 saturated carbocycles. The zero-order valence-corrected chi connectivity index (χ0v) is 19.8. The first-order valence-electron chi connectivity index (χ1n) is 11.2. The molecule has 2 aromatic rings. The van der Waals surface area contributed by atoms with E-state index in [1.807, 2.05) is 0 Å². The summed E-state index contributed by atoms with van der Waals surface area (Å²) in [7, 11) is -1.55. The van der Waals surface area contributed by atoms with Gasteiger partial charge in [-0.3, -0.25) is 4.79 Å². The third-order valence-electron chi connectivity index (χ3n) is 6.46. The minimum Gasteiger partial charge on any atom is -0.369 e. The number of nitrogens with zero attached hydrogens (tertiary/aromatic N) is 2. The van der Waals surface area contributed by atoms with Gasteiger partial charge in [-0.2, -0.15) is 0 Å². The summed E-state index contributed by atoms with van der Waals surface area (Å²) in [5.41, 5.74) is 5.64. The van der Waals surface area contributed by atoms with Gasteiger partial charge >= 0.3 is 0 Å². The summed E-state index contributed by atoms with van der Waals surface area (Å²) in [6, 6.07) is 10.6. The van der Waals surface area contributed by atoms with Crippen molar-refractivity contribution in [3.8, 4) is 0 Å². The molecule has 0 spiro atoms. The molecule has 1 amide bonds. The van der Waals surface area contributed by atoms with E-state index in [1.165, 1.54) is 35.4 Å². The first-order chi connectivity index (χ1) is 15.2. The van der Waals surface area contributed by atoms with Gasteiger partial charge in [0.2, 0.25) is 15.9 Å².